The van der Waals surface area contributed by atoms with Crippen molar-refractivity contribution in [2.45, 2.75) is 58.2 Å². The number of sulfonamides is 1. The summed E-state index contributed by atoms with van der Waals surface area (Å²) >= 11 is 6.08. The van der Waals surface area contributed by atoms with E-state index in [2.05, 4.69) is 5.32 Å². The van der Waals surface area contributed by atoms with Gasteiger partial charge in [0.2, 0.25) is 21.8 Å². The standard InChI is InChI=1S/C31H37ClFN3O4S/c1-31(2,3)34-30(38)28(20-23-10-6-5-7-11-23)35(22-24-15-17-26(33)18-16-24)29(37)14-9-19-36(41(4,39)40)27-13-8-12-25(32)21-27/h5-8,10-13,15-18,21,28H,9,14,19-20,22H2,1-4H3,(H,34,38)/t28-/m0/s1. The molecular formula is C31H37ClFN3O4S. The van der Waals surface area contributed by atoms with Crippen molar-refractivity contribution in [3.8, 4) is 0 Å². The molecule has 0 aromatic heterocycles. The highest BCUT2D eigenvalue weighted by molar-refractivity contribution is 7.92. The molecule has 0 fully saturated rings. The van der Waals surface area contributed by atoms with Crippen LogP contribution in [0.3, 0.4) is 0 Å². The number of nitrogens with zero attached hydrogens (tertiary/aromatic N) is 2. The van der Waals surface area contributed by atoms with E-state index in [0.717, 1.165) is 11.8 Å². The maximum atomic E-state index is 13.8. The summed E-state index contributed by atoms with van der Waals surface area (Å²) in [5.41, 5.74) is 1.41. The molecule has 0 saturated heterocycles. The molecule has 0 spiro atoms. The van der Waals surface area contributed by atoms with Crippen molar-refractivity contribution in [1.29, 1.82) is 0 Å². The highest BCUT2D eigenvalue weighted by atomic mass is 35.5. The van der Waals surface area contributed by atoms with E-state index < -0.39 is 27.4 Å². The number of rotatable bonds is 12. The van der Waals surface area contributed by atoms with Crippen LogP contribution in [0.4, 0.5) is 10.1 Å². The molecule has 1 N–H and O–H groups in total. The fourth-order valence-electron chi connectivity index (χ4n) is 4.43. The highest BCUT2D eigenvalue weighted by Crippen LogP contribution is 2.23. The average Bonchev–Trinajstić information content (AvgIpc) is 2.88. The van der Waals surface area contributed by atoms with Gasteiger partial charge in [-0.2, -0.15) is 0 Å². The van der Waals surface area contributed by atoms with Crippen molar-refractivity contribution in [2.24, 2.45) is 0 Å². The van der Waals surface area contributed by atoms with Crippen LogP contribution in [0.5, 0.6) is 0 Å². The Balaban J connectivity index is 1.90. The van der Waals surface area contributed by atoms with Crippen LogP contribution in [-0.2, 0) is 32.6 Å². The Labute approximate surface area is 247 Å². The number of anilines is 1. The first-order valence-electron chi connectivity index (χ1n) is 13.4. The van der Waals surface area contributed by atoms with Gasteiger partial charge in [-0.3, -0.25) is 13.9 Å². The second-order valence-corrected chi connectivity index (χ2v) is 13.4. The van der Waals surface area contributed by atoms with Gasteiger partial charge in [0.15, 0.2) is 0 Å². The Morgan fingerprint density at radius 3 is 2.20 bits per heavy atom. The van der Waals surface area contributed by atoms with E-state index in [0.29, 0.717) is 16.3 Å². The number of hydrogen-bond acceptors (Lipinski definition) is 4. The summed E-state index contributed by atoms with van der Waals surface area (Å²) in [4.78, 5) is 28.9. The first-order chi connectivity index (χ1) is 19.2. The first-order valence-corrected chi connectivity index (χ1v) is 15.6. The molecule has 1 atom stereocenters. The Morgan fingerprint density at radius 2 is 1.61 bits per heavy atom. The van der Waals surface area contributed by atoms with Gasteiger partial charge in [0.05, 0.1) is 11.9 Å². The predicted octanol–water partition coefficient (Wildman–Crippen LogP) is 5.58. The zero-order valence-electron chi connectivity index (χ0n) is 23.8. The maximum Gasteiger partial charge on any atom is 0.243 e. The van der Waals surface area contributed by atoms with E-state index in [1.807, 2.05) is 51.1 Å². The van der Waals surface area contributed by atoms with Gasteiger partial charge in [0.1, 0.15) is 11.9 Å². The number of hydrogen-bond donors (Lipinski definition) is 1. The lowest BCUT2D eigenvalue weighted by Gasteiger charge is -2.34. The fourth-order valence-corrected chi connectivity index (χ4v) is 5.57. The largest absolute Gasteiger partial charge is 0.350 e. The SMILES string of the molecule is CC(C)(C)NC(=O)[C@H](Cc1ccccc1)N(Cc1ccc(F)cc1)C(=O)CCCN(c1cccc(Cl)c1)S(C)(=O)=O. The van der Waals surface area contributed by atoms with Gasteiger partial charge in [-0.25, -0.2) is 12.8 Å². The van der Waals surface area contributed by atoms with E-state index in [4.69, 9.17) is 11.6 Å². The predicted molar refractivity (Wildman–Crippen MR) is 162 cm³/mol. The van der Waals surface area contributed by atoms with Crippen LogP contribution in [0.25, 0.3) is 0 Å². The summed E-state index contributed by atoms with van der Waals surface area (Å²) in [6, 6.07) is 20.9. The molecular weight excluding hydrogens is 565 g/mol. The van der Waals surface area contributed by atoms with Crippen LogP contribution in [0.2, 0.25) is 5.02 Å². The Hall–Kier alpha value is -3.43. The van der Waals surface area contributed by atoms with Crippen LogP contribution in [-0.4, -0.2) is 49.5 Å². The van der Waals surface area contributed by atoms with E-state index in [1.54, 1.807) is 36.4 Å². The lowest BCUT2D eigenvalue weighted by Crippen LogP contribution is -2.54. The van der Waals surface area contributed by atoms with E-state index >= 15 is 0 Å². The topological polar surface area (TPSA) is 86.8 Å². The molecule has 0 aliphatic carbocycles. The number of halogens is 2. The number of amides is 2. The average molecular weight is 602 g/mol. The zero-order chi connectivity index (χ0) is 30.2. The number of carbonyl (C=O) groups is 2. The third-order valence-corrected chi connectivity index (χ3v) is 7.71. The molecule has 0 saturated carbocycles. The molecule has 0 bridgehead atoms. The molecule has 220 valence electrons. The number of benzene rings is 3. The molecule has 10 heteroatoms. The summed E-state index contributed by atoms with van der Waals surface area (Å²) in [5, 5.41) is 3.39. The van der Waals surface area contributed by atoms with Crippen LogP contribution in [0.15, 0.2) is 78.9 Å². The smallest absolute Gasteiger partial charge is 0.243 e. The molecule has 0 unspecified atom stereocenters. The van der Waals surface area contributed by atoms with Crippen molar-refractivity contribution in [3.63, 3.8) is 0 Å². The summed E-state index contributed by atoms with van der Waals surface area (Å²) < 4.78 is 40.0. The molecule has 41 heavy (non-hydrogen) atoms. The molecule has 3 rings (SSSR count). The van der Waals surface area contributed by atoms with Gasteiger partial charge in [0.25, 0.3) is 0 Å². The third-order valence-electron chi connectivity index (χ3n) is 6.28. The van der Waals surface area contributed by atoms with Gasteiger partial charge < -0.3 is 10.2 Å². The van der Waals surface area contributed by atoms with Crippen LogP contribution >= 0.6 is 11.6 Å². The monoisotopic (exact) mass is 601 g/mol. The lowest BCUT2D eigenvalue weighted by atomic mass is 10.00. The maximum absolute atomic E-state index is 13.8. The van der Waals surface area contributed by atoms with Gasteiger partial charge in [0, 0.05) is 36.5 Å². The molecule has 3 aromatic rings. The second kappa shape index (κ2) is 14.0. The molecule has 3 aromatic carbocycles. The summed E-state index contributed by atoms with van der Waals surface area (Å²) in [6.07, 6.45) is 1.57. The van der Waals surface area contributed by atoms with Crippen LogP contribution < -0.4 is 9.62 Å². The van der Waals surface area contributed by atoms with Gasteiger partial charge in [-0.05, 0) is 68.7 Å². The summed E-state index contributed by atoms with van der Waals surface area (Å²) in [7, 11) is -3.65. The van der Waals surface area contributed by atoms with Crippen LogP contribution in [0, 0.1) is 5.82 Å². The summed E-state index contributed by atoms with van der Waals surface area (Å²) in [6.45, 7) is 5.73. The Morgan fingerprint density at radius 1 is 0.951 bits per heavy atom. The van der Waals surface area contributed by atoms with Crippen molar-refractivity contribution >= 4 is 39.1 Å². The van der Waals surface area contributed by atoms with Crippen LogP contribution in [0.1, 0.15) is 44.7 Å². The molecule has 0 heterocycles. The van der Waals surface area contributed by atoms with Gasteiger partial charge in [-0.1, -0.05) is 60.1 Å². The quantitative estimate of drug-likeness (QED) is 0.294. The Bertz CT molecular complexity index is 1430. The van der Waals surface area contributed by atoms with Gasteiger partial charge in [-0.15, -0.1) is 0 Å². The third kappa shape index (κ3) is 10.2. The highest BCUT2D eigenvalue weighted by Gasteiger charge is 2.32. The molecule has 0 aliphatic rings. The molecule has 0 radical (unpaired) electrons. The fraction of sp³-hybridized carbons (Fsp3) is 0.355. The molecule has 2 amide bonds. The zero-order valence-corrected chi connectivity index (χ0v) is 25.4. The lowest BCUT2D eigenvalue weighted by molar-refractivity contribution is -0.142. The van der Waals surface area contributed by atoms with Gasteiger partial charge >= 0.3 is 0 Å². The minimum absolute atomic E-state index is 0.0120. The van der Waals surface area contributed by atoms with E-state index in [1.165, 1.54) is 21.3 Å². The van der Waals surface area contributed by atoms with Crippen molar-refractivity contribution < 1.29 is 22.4 Å². The number of nitrogens with one attached hydrogen (secondary N) is 1. The van der Waals surface area contributed by atoms with E-state index in [9.17, 15) is 22.4 Å². The normalized spacial score (nSPS) is 12.4. The number of carbonyl (C=O) groups excluding carboxylic acids is 2. The van der Waals surface area contributed by atoms with Crippen molar-refractivity contribution in [3.05, 3.63) is 101 Å². The second-order valence-electron chi connectivity index (χ2n) is 11.0. The Kier molecular flexibility index (Phi) is 10.9. The minimum Gasteiger partial charge on any atom is -0.350 e. The minimum atomic E-state index is -3.65. The first kappa shape index (κ1) is 32.1. The van der Waals surface area contributed by atoms with E-state index in [-0.39, 0.29) is 44.2 Å². The van der Waals surface area contributed by atoms with Crippen molar-refractivity contribution in [1.82, 2.24) is 10.2 Å². The molecule has 0 aliphatic heterocycles. The van der Waals surface area contributed by atoms with Crippen molar-refractivity contribution in [2.75, 3.05) is 17.1 Å². The summed E-state index contributed by atoms with van der Waals surface area (Å²) in [5.74, 6) is -1.04. The molecule has 7 nitrogen and oxygen atoms in total.